The largest absolute Gasteiger partial charge is 0.448 e. The first-order valence-corrected chi connectivity index (χ1v) is 7.53. The Bertz CT molecular complexity index is 605. The molecule has 1 fully saturated rings. The molecule has 0 radical (unpaired) electrons. The van der Waals surface area contributed by atoms with Crippen LogP contribution in [0.5, 0.6) is 0 Å². The molecule has 0 saturated heterocycles. The van der Waals surface area contributed by atoms with Crippen molar-refractivity contribution in [2.24, 2.45) is 7.05 Å². The van der Waals surface area contributed by atoms with E-state index in [0.29, 0.717) is 0 Å². The normalized spacial score (nSPS) is 16.8. The number of carbonyl (C=O) groups is 2. The number of nitrogens with one attached hydrogen (secondary N) is 1. The molecule has 1 aliphatic rings. The highest BCUT2D eigenvalue weighted by Gasteiger charge is 2.23. The molecule has 120 valence electrons. The van der Waals surface area contributed by atoms with Gasteiger partial charge in [0, 0.05) is 19.2 Å². The van der Waals surface area contributed by atoms with E-state index in [1.165, 1.54) is 32.5 Å². The van der Waals surface area contributed by atoms with Crippen LogP contribution in [-0.4, -0.2) is 33.8 Å². The van der Waals surface area contributed by atoms with Crippen molar-refractivity contribution in [3.05, 3.63) is 28.2 Å². The third-order valence-electron chi connectivity index (χ3n) is 3.77. The molecule has 1 atom stereocenters. The second-order valence-corrected chi connectivity index (χ2v) is 5.57. The summed E-state index contributed by atoms with van der Waals surface area (Å²) in [7, 11) is 1.44. The highest BCUT2D eigenvalue weighted by molar-refractivity contribution is 5.90. The van der Waals surface area contributed by atoms with Gasteiger partial charge in [0.05, 0.1) is 0 Å². The molecule has 0 aliphatic heterocycles. The number of ether oxygens (including phenoxy) is 1. The molecule has 2 rings (SSSR count). The van der Waals surface area contributed by atoms with Crippen LogP contribution in [0.4, 0.5) is 0 Å². The molecule has 0 aromatic carbocycles. The summed E-state index contributed by atoms with van der Waals surface area (Å²) in [6, 6.07) is 2.69. The van der Waals surface area contributed by atoms with E-state index in [-0.39, 0.29) is 23.2 Å². The summed E-state index contributed by atoms with van der Waals surface area (Å²) in [5, 5.41) is 6.70. The molecular weight excluding hydrogens is 286 g/mol. The van der Waals surface area contributed by atoms with Crippen LogP contribution in [0, 0.1) is 0 Å². The number of aromatic nitrogens is 2. The Kier molecular flexibility index (Phi) is 5.30. The topological polar surface area (TPSA) is 90.3 Å². The minimum atomic E-state index is -0.895. The molecular formula is C15H21N3O4. The Hall–Kier alpha value is -2.18. The van der Waals surface area contributed by atoms with Crippen molar-refractivity contribution in [1.82, 2.24) is 15.1 Å². The van der Waals surface area contributed by atoms with Gasteiger partial charge in [0.15, 0.2) is 11.8 Å². The second-order valence-electron chi connectivity index (χ2n) is 5.57. The number of carbonyl (C=O) groups excluding carboxylic acids is 2. The molecule has 1 amide bonds. The highest BCUT2D eigenvalue weighted by atomic mass is 16.5. The number of esters is 1. The van der Waals surface area contributed by atoms with Gasteiger partial charge < -0.3 is 10.1 Å². The molecule has 1 aromatic heterocycles. The number of rotatable bonds is 4. The lowest BCUT2D eigenvalue weighted by Crippen LogP contribution is -2.43. The van der Waals surface area contributed by atoms with Gasteiger partial charge in [0.25, 0.3) is 11.5 Å². The monoisotopic (exact) mass is 307 g/mol. The molecule has 7 nitrogen and oxygen atoms in total. The molecule has 0 spiro atoms. The molecule has 1 heterocycles. The average Bonchev–Trinajstić information content (AvgIpc) is 2.50. The molecule has 1 saturated carbocycles. The fourth-order valence-electron chi connectivity index (χ4n) is 2.45. The maximum atomic E-state index is 12.0. The minimum absolute atomic E-state index is 0.000540. The molecule has 1 unspecified atom stereocenters. The van der Waals surface area contributed by atoms with Crippen molar-refractivity contribution in [2.75, 3.05) is 0 Å². The summed E-state index contributed by atoms with van der Waals surface area (Å²) in [6.07, 6.45) is 4.47. The van der Waals surface area contributed by atoms with Crippen molar-refractivity contribution in [2.45, 2.75) is 51.2 Å². The molecule has 22 heavy (non-hydrogen) atoms. The van der Waals surface area contributed by atoms with E-state index in [1.54, 1.807) is 0 Å². The zero-order chi connectivity index (χ0) is 16.1. The van der Waals surface area contributed by atoms with E-state index in [9.17, 15) is 14.4 Å². The third kappa shape index (κ3) is 4.16. The predicted molar refractivity (Wildman–Crippen MR) is 79.4 cm³/mol. The maximum absolute atomic E-state index is 12.0. The fraction of sp³-hybridized carbons (Fsp3) is 0.600. The van der Waals surface area contributed by atoms with Crippen LogP contribution >= 0.6 is 0 Å². The van der Waals surface area contributed by atoms with E-state index in [1.807, 2.05) is 0 Å². The quantitative estimate of drug-likeness (QED) is 0.830. The minimum Gasteiger partial charge on any atom is -0.448 e. The van der Waals surface area contributed by atoms with Gasteiger partial charge in [-0.25, -0.2) is 9.48 Å². The Morgan fingerprint density at radius 2 is 2.00 bits per heavy atom. The third-order valence-corrected chi connectivity index (χ3v) is 3.77. The first-order chi connectivity index (χ1) is 10.5. The van der Waals surface area contributed by atoms with E-state index < -0.39 is 12.1 Å². The lowest BCUT2D eigenvalue weighted by atomic mass is 9.95. The van der Waals surface area contributed by atoms with Gasteiger partial charge in [-0.2, -0.15) is 5.10 Å². The van der Waals surface area contributed by atoms with E-state index in [2.05, 4.69) is 10.4 Å². The smallest absolute Gasteiger partial charge is 0.359 e. The lowest BCUT2D eigenvalue weighted by Gasteiger charge is -2.24. The number of amides is 1. The first kappa shape index (κ1) is 16.2. The highest BCUT2D eigenvalue weighted by Crippen LogP contribution is 2.17. The Morgan fingerprint density at radius 3 is 2.64 bits per heavy atom. The first-order valence-electron chi connectivity index (χ1n) is 7.53. The zero-order valence-corrected chi connectivity index (χ0v) is 12.9. The van der Waals surface area contributed by atoms with Gasteiger partial charge in [-0.3, -0.25) is 9.59 Å². The van der Waals surface area contributed by atoms with Crippen LogP contribution in [0.3, 0.4) is 0 Å². The number of nitrogens with zero attached hydrogens (tertiary/aromatic N) is 2. The Labute approximate surface area is 128 Å². The molecule has 7 heteroatoms. The van der Waals surface area contributed by atoms with Crippen LogP contribution in [0.25, 0.3) is 0 Å². The van der Waals surface area contributed by atoms with Crippen LogP contribution in [0.2, 0.25) is 0 Å². The lowest BCUT2D eigenvalue weighted by molar-refractivity contribution is -0.130. The SMILES string of the molecule is CC(OC(=O)c1ccc(=O)n(C)n1)C(=O)NC1CCCCC1. The van der Waals surface area contributed by atoms with Gasteiger partial charge in [0.1, 0.15) is 0 Å². The average molecular weight is 307 g/mol. The van der Waals surface area contributed by atoms with Crippen LogP contribution < -0.4 is 10.9 Å². The fourth-order valence-corrected chi connectivity index (χ4v) is 2.45. The van der Waals surface area contributed by atoms with E-state index >= 15 is 0 Å². The van der Waals surface area contributed by atoms with E-state index in [0.717, 1.165) is 30.4 Å². The van der Waals surface area contributed by atoms with Crippen LogP contribution in [-0.2, 0) is 16.6 Å². The van der Waals surface area contributed by atoms with Gasteiger partial charge in [0.2, 0.25) is 0 Å². The number of hydrogen-bond acceptors (Lipinski definition) is 5. The predicted octanol–water partition coefficient (Wildman–Crippen LogP) is 0.774. The number of aryl methyl sites for hydroxylation is 1. The van der Waals surface area contributed by atoms with Crippen molar-refractivity contribution in [3.63, 3.8) is 0 Å². The Balaban J connectivity index is 1.90. The van der Waals surface area contributed by atoms with Gasteiger partial charge >= 0.3 is 5.97 Å². The standard InChI is InChI=1S/C15H21N3O4/c1-10(14(20)16-11-6-4-3-5-7-11)22-15(21)12-8-9-13(19)18(2)17-12/h8-11H,3-7H2,1-2H3,(H,16,20). The summed E-state index contributed by atoms with van der Waals surface area (Å²) in [5.74, 6) is -1.02. The van der Waals surface area contributed by atoms with Crippen molar-refractivity contribution >= 4 is 11.9 Å². The summed E-state index contributed by atoms with van der Waals surface area (Å²) in [5.41, 5.74) is -0.320. The summed E-state index contributed by atoms with van der Waals surface area (Å²) in [4.78, 5) is 35.2. The van der Waals surface area contributed by atoms with E-state index in [4.69, 9.17) is 4.74 Å². The van der Waals surface area contributed by atoms with Gasteiger partial charge in [-0.15, -0.1) is 0 Å². The maximum Gasteiger partial charge on any atom is 0.359 e. The summed E-state index contributed by atoms with van der Waals surface area (Å²) >= 11 is 0. The molecule has 1 aliphatic carbocycles. The molecule has 1 N–H and O–H groups in total. The summed E-state index contributed by atoms with van der Waals surface area (Å²) in [6.45, 7) is 1.53. The Morgan fingerprint density at radius 1 is 1.32 bits per heavy atom. The molecule has 0 bridgehead atoms. The van der Waals surface area contributed by atoms with Gasteiger partial charge in [-0.05, 0) is 25.8 Å². The van der Waals surface area contributed by atoms with Crippen molar-refractivity contribution in [3.8, 4) is 0 Å². The van der Waals surface area contributed by atoms with Crippen molar-refractivity contribution in [1.29, 1.82) is 0 Å². The number of hydrogen-bond donors (Lipinski definition) is 1. The summed E-state index contributed by atoms with van der Waals surface area (Å²) < 4.78 is 6.15. The molecule has 1 aromatic rings. The van der Waals surface area contributed by atoms with Crippen molar-refractivity contribution < 1.29 is 14.3 Å². The van der Waals surface area contributed by atoms with Crippen LogP contribution in [0.15, 0.2) is 16.9 Å². The second kappa shape index (κ2) is 7.20. The van der Waals surface area contributed by atoms with Crippen LogP contribution in [0.1, 0.15) is 49.5 Å². The van der Waals surface area contributed by atoms with Gasteiger partial charge in [-0.1, -0.05) is 19.3 Å². The zero-order valence-electron chi connectivity index (χ0n) is 12.9.